The van der Waals surface area contributed by atoms with Crippen LogP contribution in [0.4, 0.5) is 4.79 Å². The number of rotatable bonds is 8. The second-order valence-electron chi connectivity index (χ2n) is 5.98. The molecule has 0 radical (unpaired) electrons. The summed E-state index contributed by atoms with van der Waals surface area (Å²) in [6, 6.07) is 6.30. The maximum absolute atomic E-state index is 12.7. The second kappa shape index (κ2) is 9.40. The van der Waals surface area contributed by atoms with Gasteiger partial charge >= 0.3 is 6.03 Å². The fourth-order valence-electron chi connectivity index (χ4n) is 2.65. The predicted molar refractivity (Wildman–Crippen MR) is 99.4 cm³/mol. The molecule has 0 aromatic heterocycles. The summed E-state index contributed by atoms with van der Waals surface area (Å²) >= 11 is 0. The van der Waals surface area contributed by atoms with Gasteiger partial charge < -0.3 is 20.7 Å². The lowest BCUT2D eigenvalue weighted by Crippen LogP contribution is -2.43. The standard InChI is InChI=1S/C17H24N4O4.ClH/c1-17(12-5-7-13(25-3)8-6-12)15(23)21(16(24)20-17)11-14(22)19-10-4-9-18-2;/h5-8,18H,4,9-11H2,1-3H3,(H,19,22)(H,20,24);1H. The molecule has 8 nitrogen and oxygen atoms in total. The Labute approximate surface area is 159 Å². The third kappa shape index (κ3) is 4.64. The van der Waals surface area contributed by atoms with Gasteiger partial charge in [0.15, 0.2) is 0 Å². The van der Waals surface area contributed by atoms with Crippen molar-refractivity contribution in [2.24, 2.45) is 0 Å². The van der Waals surface area contributed by atoms with Gasteiger partial charge in [-0.25, -0.2) is 4.79 Å². The Bertz CT molecular complexity index is 653. The fraction of sp³-hybridized carbons (Fsp3) is 0.471. The molecule has 1 heterocycles. The maximum atomic E-state index is 12.7. The van der Waals surface area contributed by atoms with Crippen LogP contribution in [0, 0.1) is 0 Å². The number of carbonyl (C=O) groups excluding carboxylic acids is 3. The molecule has 1 aliphatic heterocycles. The van der Waals surface area contributed by atoms with Crippen LogP contribution in [-0.4, -0.2) is 56.5 Å². The summed E-state index contributed by atoms with van der Waals surface area (Å²) in [6.07, 6.45) is 0.770. The van der Waals surface area contributed by atoms with E-state index in [2.05, 4.69) is 16.0 Å². The molecule has 0 bridgehead atoms. The monoisotopic (exact) mass is 384 g/mol. The highest BCUT2D eigenvalue weighted by Crippen LogP contribution is 2.29. The number of methoxy groups -OCH3 is 1. The Kier molecular flexibility index (Phi) is 7.85. The number of imide groups is 1. The summed E-state index contributed by atoms with van der Waals surface area (Å²) < 4.78 is 5.10. The lowest BCUT2D eigenvalue weighted by atomic mass is 9.92. The van der Waals surface area contributed by atoms with Crippen molar-refractivity contribution < 1.29 is 19.1 Å². The minimum absolute atomic E-state index is 0. The molecule has 1 aromatic carbocycles. The Balaban J connectivity index is 0.00000338. The number of hydrogen-bond acceptors (Lipinski definition) is 5. The van der Waals surface area contributed by atoms with Crippen molar-refractivity contribution in [3.05, 3.63) is 29.8 Å². The van der Waals surface area contributed by atoms with E-state index in [0.29, 0.717) is 17.9 Å². The Morgan fingerprint density at radius 3 is 2.46 bits per heavy atom. The van der Waals surface area contributed by atoms with Crippen LogP contribution < -0.4 is 20.7 Å². The first kappa shape index (κ1) is 21.7. The topological polar surface area (TPSA) is 99.8 Å². The van der Waals surface area contributed by atoms with Crippen LogP contribution in [0.2, 0.25) is 0 Å². The average Bonchev–Trinajstić information content (AvgIpc) is 2.83. The van der Waals surface area contributed by atoms with E-state index in [1.54, 1.807) is 38.3 Å². The molecule has 1 fully saturated rings. The molecule has 9 heteroatoms. The van der Waals surface area contributed by atoms with Crippen molar-refractivity contribution in [2.45, 2.75) is 18.9 Å². The molecule has 1 unspecified atom stereocenters. The van der Waals surface area contributed by atoms with Crippen molar-refractivity contribution in [1.29, 1.82) is 0 Å². The molecular weight excluding hydrogens is 360 g/mol. The van der Waals surface area contributed by atoms with Crippen molar-refractivity contribution >= 4 is 30.3 Å². The molecule has 1 aromatic rings. The highest BCUT2D eigenvalue weighted by molar-refractivity contribution is 6.09. The highest BCUT2D eigenvalue weighted by Gasteiger charge is 2.49. The van der Waals surface area contributed by atoms with Gasteiger partial charge in [0.2, 0.25) is 5.91 Å². The molecule has 2 rings (SSSR count). The molecular formula is C17H25ClN4O4. The zero-order valence-corrected chi connectivity index (χ0v) is 15.9. The van der Waals surface area contributed by atoms with E-state index in [0.717, 1.165) is 17.9 Å². The first-order valence-electron chi connectivity index (χ1n) is 8.12. The summed E-state index contributed by atoms with van der Waals surface area (Å²) in [4.78, 5) is 37.8. The average molecular weight is 385 g/mol. The van der Waals surface area contributed by atoms with E-state index in [-0.39, 0.29) is 24.9 Å². The molecule has 0 saturated carbocycles. The smallest absolute Gasteiger partial charge is 0.325 e. The third-order valence-corrected chi connectivity index (χ3v) is 4.17. The van der Waals surface area contributed by atoms with E-state index < -0.39 is 17.5 Å². The van der Waals surface area contributed by atoms with Gasteiger partial charge in [-0.3, -0.25) is 14.5 Å². The Hall–Kier alpha value is -2.32. The number of nitrogens with one attached hydrogen (secondary N) is 3. The summed E-state index contributed by atoms with van der Waals surface area (Å²) in [5.74, 6) is -0.159. The van der Waals surface area contributed by atoms with Crippen molar-refractivity contribution in [2.75, 3.05) is 33.8 Å². The fourth-order valence-corrected chi connectivity index (χ4v) is 2.65. The maximum Gasteiger partial charge on any atom is 0.325 e. The van der Waals surface area contributed by atoms with Gasteiger partial charge in [0.05, 0.1) is 7.11 Å². The van der Waals surface area contributed by atoms with Crippen LogP contribution in [0.5, 0.6) is 5.75 Å². The van der Waals surface area contributed by atoms with Crippen LogP contribution in [0.3, 0.4) is 0 Å². The summed E-state index contributed by atoms with van der Waals surface area (Å²) in [6.45, 7) is 2.59. The SMILES string of the molecule is CNCCCNC(=O)CN1C(=O)NC(C)(c2ccc(OC)cc2)C1=O.Cl. The lowest BCUT2D eigenvalue weighted by molar-refractivity contribution is -0.134. The molecule has 1 saturated heterocycles. The molecule has 0 aliphatic carbocycles. The minimum atomic E-state index is -1.20. The van der Waals surface area contributed by atoms with Crippen LogP contribution in [0.15, 0.2) is 24.3 Å². The van der Waals surface area contributed by atoms with Crippen molar-refractivity contribution in [1.82, 2.24) is 20.9 Å². The molecule has 0 spiro atoms. The predicted octanol–water partition coefficient (Wildman–Crippen LogP) is 0.610. The molecule has 1 atom stereocenters. The number of urea groups is 1. The Morgan fingerprint density at radius 2 is 1.88 bits per heavy atom. The summed E-state index contributed by atoms with van der Waals surface area (Å²) in [5, 5.41) is 8.35. The van der Waals surface area contributed by atoms with Gasteiger partial charge in [-0.05, 0) is 44.6 Å². The van der Waals surface area contributed by atoms with Crippen LogP contribution in [0.25, 0.3) is 0 Å². The number of hydrogen-bond donors (Lipinski definition) is 3. The quantitative estimate of drug-likeness (QED) is 0.450. The van der Waals surface area contributed by atoms with Crippen molar-refractivity contribution in [3.8, 4) is 5.75 Å². The first-order chi connectivity index (χ1) is 11.9. The van der Waals surface area contributed by atoms with Gasteiger partial charge in [-0.1, -0.05) is 12.1 Å². The van der Waals surface area contributed by atoms with Gasteiger partial charge in [0.25, 0.3) is 5.91 Å². The largest absolute Gasteiger partial charge is 0.497 e. The summed E-state index contributed by atoms with van der Waals surface area (Å²) in [7, 11) is 3.38. The minimum Gasteiger partial charge on any atom is -0.497 e. The number of amides is 4. The lowest BCUT2D eigenvalue weighted by Gasteiger charge is -2.22. The number of ether oxygens (including phenoxy) is 1. The molecule has 26 heavy (non-hydrogen) atoms. The van der Waals surface area contributed by atoms with Gasteiger partial charge in [0, 0.05) is 6.54 Å². The third-order valence-electron chi connectivity index (χ3n) is 4.17. The van der Waals surface area contributed by atoms with Gasteiger partial charge in [0.1, 0.15) is 17.8 Å². The van der Waals surface area contributed by atoms with Crippen LogP contribution in [-0.2, 0) is 15.1 Å². The van der Waals surface area contributed by atoms with Gasteiger partial charge in [-0.2, -0.15) is 0 Å². The molecule has 1 aliphatic rings. The molecule has 144 valence electrons. The summed E-state index contributed by atoms with van der Waals surface area (Å²) in [5.41, 5.74) is -0.570. The number of nitrogens with zero attached hydrogens (tertiary/aromatic N) is 1. The number of carbonyl (C=O) groups is 3. The van der Waals surface area contributed by atoms with E-state index in [1.165, 1.54) is 0 Å². The zero-order valence-electron chi connectivity index (χ0n) is 15.1. The normalized spacial score (nSPS) is 19.0. The van der Waals surface area contributed by atoms with E-state index in [4.69, 9.17) is 4.74 Å². The highest BCUT2D eigenvalue weighted by atomic mass is 35.5. The second-order valence-corrected chi connectivity index (χ2v) is 5.98. The van der Waals surface area contributed by atoms with E-state index in [1.807, 2.05) is 7.05 Å². The Morgan fingerprint density at radius 1 is 1.23 bits per heavy atom. The molecule has 3 N–H and O–H groups in total. The van der Waals surface area contributed by atoms with Crippen molar-refractivity contribution in [3.63, 3.8) is 0 Å². The van der Waals surface area contributed by atoms with E-state index >= 15 is 0 Å². The van der Waals surface area contributed by atoms with Gasteiger partial charge in [-0.15, -0.1) is 12.4 Å². The zero-order chi connectivity index (χ0) is 18.4. The number of benzene rings is 1. The van der Waals surface area contributed by atoms with E-state index in [9.17, 15) is 14.4 Å². The van der Waals surface area contributed by atoms with Crippen LogP contribution in [0.1, 0.15) is 18.9 Å². The first-order valence-corrected chi connectivity index (χ1v) is 8.12. The van der Waals surface area contributed by atoms with Crippen LogP contribution >= 0.6 is 12.4 Å². The number of halogens is 1. The molecule has 4 amide bonds.